The largest absolute Gasteiger partial charge is 0.325 e. The third kappa shape index (κ3) is 2.92. The molecular weight excluding hydrogens is 334 g/mol. The van der Waals surface area contributed by atoms with Crippen molar-refractivity contribution < 1.29 is 9.59 Å². The number of rotatable bonds is 3. The summed E-state index contributed by atoms with van der Waals surface area (Å²) in [6.07, 6.45) is 3.48. The van der Waals surface area contributed by atoms with Gasteiger partial charge in [-0.2, -0.15) is 0 Å². The van der Waals surface area contributed by atoms with Crippen molar-refractivity contribution in [2.75, 3.05) is 5.43 Å². The van der Waals surface area contributed by atoms with Gasteiger partial charge in [-0.25, -0.2) is 4.68 Å². The van der Waals surface area contributed by atoms with Crippen LogP contribution in [-0.2, 0) is 6.42 Å². The lowest BCUT2D eigenvalue weighted by atomic mass is 9.81. The van der Waals surface area contributed by atoms with Crippen molar-refractivity contribution in [3.8, 4) is 0 Å². The maximum Gasteiger partial charge on any atom is 0.275 e. The van der Waals surface area contributed by atoms with Gasteiger partial charge in [0.2, 0.25) is 0 Å². The SMILES string of the molecule is O=C1CC(c2ccccc2)Cc2[nH]c(=O)c(C(=O)Nn3cnnc3)cc21. The van der Waals surface area contributed by atoms with Gasteiger partial charge in [0.05, 0.1) is 0 Å². The third-order valence-electron chi connectivity index (χ3n) is 4.47. The average molecular weight is 349 g/mol. The summed E-state index contributed by atoms with van der Waals surface area (Å²) in [6, 6.07) is 11.1. The van der Waals surface area contributed by atoms with Gasteiger partial charge in [0.1, 0.15) is 18.2 Å². The molecule has 0 saturated carbocycles. The number of ketones is 1. The quantitative estimate of drug-likeness (QED) is 0.740. The molecule has 8 nitrogen and oxygen atoms in total. The van der Waals surface area contributed by atoms with Crippen molar-refractivity contribution in [3.63, 3.8) is 0 Å². The number of fused-ring (bicyclic) bond motifs is 1. The van der Waals surface area contributed by atoms with Crippen LogP contribution in [0.15, 0.2) is 53.8 Å². The van der Waals surface area contributed by atoms with Gasteiger partial charge in [0.25, 0.3) is 11.5 Å². The number of aromatic amines is 1. The molecule has 3 aromatic rings. The van der Waals surface area contributed by atoms with Crippen LogP contribution < -0.4 is 11.0 Å². The summed E-state index contributed by atoms with van der Waals surface area (Å²) < 4.78 is 1.23. The number of aromatic nitrogens is 4. The summed E-state index contributed by atoms with van der Waals surface area (Å²) >= 11 is 0. The van der Waals surface area contributed by atoms with Crippen LogP contribution in [0.5, 0.6) is 0 Å². The summed E-state index contributed by atoms with van der Waals surface area (Å²) in [5, 5.41) is 7.14. The minimum Gasteiger partial charge on any atom is -0.325 e. The molecule has 2 N–H and O–H groups in total. The zero-order valence-corrected chi connectivity index (χ0v) is 13.7. The molecule has 0 radical (unpaired) electrons. The summed E-state index contributed by atoms with van der Waals surface area (Å²) in [7, 11) is 0. The number of Topliss-reactive ketones (excluding diaryl/α,β-unsaturated/α-hetero) is 1. The first-order valence-electron chi connectivity index (χ1n) is 8.12. The molecule has 1 aliphatic carbocycles. The highest BCUT2D eigenvalue weighted by Gasteiger charge is 2.28. The predicted octanol–water partition coefficient (Wildman–Crippen LogP) is 1.26. The zero-order valence-electron chi connectivity index (χ0n) is 13.7. The minimum atomic E-state index is -0.633. The van der Waals surface area contributed by atoms with E-state index in [0.29, 0.717) is 24.1 Å². The van der Waals surface area contributed by atoms with E-state index in [1.54, 1.807) is 0 Å². The highest BCUT2D eigenvalue weighted by molar-refractivity contribution is 6.04. The number of amides is 1. The van der Waals surface area contributed by atoms with Gasteiger partial charge in [-0.05, 0) is 24.0 Å². The van der Waals surface area contributed by atoms with Crippen LogP contribution in [0.3, 0.4) is 0 Å². The number of nitrogens with one attached hydrogen (secondary N) is 2. The molecule has 0 saturated heterocycles. The number of pyridine rings is 1. The Hall–Kier alpha value is -3.55. The number of carbonyl (C=O) groups excluding carboxylic acids is 2. The van der Waals surface area contributed by atoms with Gasteiger partial charge in [-0.15, -0.1) is 10.2 Å². The van der Waals surface area contributed by atoms with Crippen LogP contribution in [0.25, 0.3) is 0 Å². The van der Waals surface area contributed by atoms with Crippen LogP contribution in [0.2, 0.25) is 0 Å². The molecule has 0 fully saturated rings. The number of nitrogens with zero attached hydrogens (tertiary/aromatic N) is 3. The van der Waals surface area contributed by atoms with E-state index >= 15 is 0 Å². The van der Waals surface area contributed by atoms with E-state index in [9.17, 15) is 14.4 Å². The van der Waals surface area contributed by atoms with Crippen LogP contribution >= 0.6 is 0 Å². The van der Waals surface area contributed by atoms with E-state index in [1.807, 2.05) is 30.3 Å². The van der Waals surface area contributed by atoms with Crippen LogP contribution in [0, 0.1) is 0 Å². The first-order chi connectivity index (χ1) is 12.6. The van der Waals surface area contributed by atoms with Gasteiger partial charge in [-0.3, -0.25) is 19.8 Å². The zero-order chi connectivity index (χ0) is 18.1. The van der Waals surface area contributed by atoms with E-state index in [4.69, 9.17) is 0 Å². The van der Waals surface area contributed by atoms with Crippen LogP contribution in [-0.4, -0.2) is 31.5 Å². The lowest BCUT2D eigenvalue weighted by Gasteiger charge is -2.24. The van der Waals surface area contributed by atoms with Gasteiger partial charge in [0.15, 0.2) is 5.78 Å². The smallest absolute Gasteiger partial charge is 0.275 e. The lowest BCUT2D eigenvalue weighted by Crippen LogP contribution is -2.31. The second-order valence-corrected chi connectivity index (χ2v) is 6.15. The minimum absolute atomic E-state index is 0.0172. The molecule has 1 unspecified atom stereocenters. The predicted molar refractivity (Wildman–Crippen MR) is 92.6 cm³/mol. The monoisotopic (exact) mass is 349 g/mol. The standard InChI is InChI=1S/C18H15N5O3/c24-16-7-12(11-4-2-1-3-5-11)6-15-13(16)8-14(17(25)21-15)18(26)22-23-9-19-20-10-23/h1-5,8-10,12H,6-7H2,(H,21,25)(H,22,26). The summed E-state index contributed by atoms with van der Waals surface area (Å²) in [4.78, 5) is 39.9. The normalized spacial score (nSPS) is 16.2. The maximum atomic E-state index is 12.6. The number of H-pyrrole nitrogens is 1. The van der Waals surface area contributed by atoms with Crippen LogP contribution in [0.1, 0.15) is 44.3 Å². The molecule has 2 heterocycles. The Bertz CT molecular complexity index is 1020. The molecule has 1 aliphatic rings. The van der Waals surface area contributed by atoms with Crippen molar-refractivity contribution in [2.45, 2.75) is 18.8 Å². The number of benzene rings is 1. The fraction of sp³-hybridized carbons (Fsp3) is 0.167. The fourth-order valence-corrected chi connectivity index (χ4v) is 3.20. The third-order valence-corrected chi connectivity index (χ3v) is 4.47. The second kappa shape index (κ2) is 6.40. The first kappa shape index (κ1) is 15.9. The summed E-state index contributed by atoms with van der Waals surface area (Å²) in [6.45, 7) is 0. The van der Waals surface area contributed by atoms with E-state index in [-0.39, 0.29) is 17.3 Å². The number of hydrogen-bond acceptors (Lipinski definition) is 5. The Morgan fingerprint density at radius 2 is 1.85 bits per heavy atom. The molecule has 1 amide bonds. The molecule has 0 bridgehead atoms. The van der Waals surface area contributed by atoms with Gasteiger partial charge < -0.3 is 4.98 Å². The van der Waals surface area contributed by atoms with Crippen molar-refractivity contribution >= 4 is 11.7 Å². The maximum absolute atomic E-state index is 12.6. The molecule has 0 spiro atoms. The first-order valence-corrected chi connectivity index (χ1v) is 8.12. The molecule has 1 aromatic carbocycles. The Morgan fingerprint density at radius 1 is 1.12 bits per heavy atom. The number of hydrogen-bond donors (Lipinski definition) is 2. The van der Waals surface area contributed by atoms with E-state index in [2.05, 4.69) is 20.6 Å². The van der Waals surface area contributed by atoms with E-state index < -0.39 is 11.5 Å². The molecule has 2 aromatic heterocycles. The molecule has 26 heavy (non-hydrogen) atoms. The van der Waals surface area contributed by atoms with Gasteiger partial charge in [-0.1, -0.05) is 30.3 Å². The highest BCUT2D eigenvalue weighted by Crippen LogP contribution is 2.31. The molecule has 4 rings (SSSR count). The van der Waals surface area contributed by atoms with Gasteiger partial charge in [0, 0.05) is 17.7 Å². The van der Waals surface area contributed by atoms with Crippen molar-refractivity contribution in [1.82, 2.24) is 19.9 Å². The molecular formula is C18H15N5O3. The molecule has 130 valence electrons. The Labute approximate surface area is 147 Å². The highest BCUT2D eigenvalue weighted by atomic mass is 16.2. The van der Waals surface area contributed by atoms with Crippen molar-refractivity contribution in [2.24, 2.45) is 0 Å². The van der Waals surface area contributed by atoms with Crippen molar-refractivity contribution in [1.29, 1.82) is 0 Å². The Kier molecular flexibility index (Phi) is 3.92. The Balaban J connectivity index is 1.65. The fourth-order valence-electron chi connectivity index (χ4n) is 3.20. The Morgan fingerprint density at radius 3 is 2.58 bits per heavy atom. The van der Waals surface area contributed by atoms with Crippen molar-refractivity contribution in [3.05, 3.63) is 81.8 Å². The number of carbonyl (C=O) groups is 2. The molecule has 0 aliphatic heterocycles. The van der Waals surface area contributed by atoms with E-state index in [0.717, 1.165) is 5.56 Å². The van der Waals surface area contributed by atoms with Crippen LogP contribution in [0.4, 0.5) is 0 Å². The summed E-state index contributed by atoms with van der Waals surface area (Å²) in [5.41, 5.74) is 3.83. The van der Waals surface area contributed by atoms with E-state index in [1.165, 1.54) is 23.4 Å². The second-order valence-electron chi connectivity index (χ2n) is 6.15. The molecule has 8 heteroatoms. The average Bonchev–Trinajstić information content (AvgIpc) is 3.14. The molecule has 1 atom stereocenters. The lowest BCUT2D eigenvalue weighted by molar-refractivity contribution is 0.0963. The summed E-state index contributed by atoms with van der Waals surface area (Å²) in [5.74, 6) is -0.704. The topological polar surface area (TPSA) is 110 Å². The van der Waals surface area contributed by atoms with Gasteiger partial charge >= 0.3 is 0 Å².